The highest BCUT2D eigenvalue weighted by Gasteiger charge is 2.29. The second-order valence-electron chi connectivity index (χ2n) is 6.68. The van der Waals surface area contributed by atoms with Gasteiger partial charge in [-0.2, -0.15) is 0 Å². The zero-order valence-electron chi connectivity index (χ0n) is 12.7. The highest BCUT2D eigenvalue weighted by molar-refractivity contribution is 5.59. The second kappa shape index (κ2) is 5.22. The average Bonchev–Trinajstić information content (AvgIpc) is 2.45. The van der Waals surface area contributed by atoms with Crippen molar-refractivity contribution in [2.45, 2.75) is 50.5 Å². The summed E-state index contributed by atoms with van der Waals surface area (Å²) in [5.74, 6) is 1.35. The van der Waals surface area contributed by atoms with Crippen molar-refractivity contribution in [3.05, 3.63) is 65.2 Å². The van der Waals surface area contributed by atoms with Crippen LogP contribution in [0.5, 0.6) is 0 Å². The van der Waals surface area contributed by atoms with Gasteiger partial charge in [-0.1, -0.05) is 48.9 Å². The van der Waals surface area contributed by atoms with Crippen molar-refractivity contribution in [1.82, 2.24) is 0 Å². The predicted molar refractivity (Wildman–Crippen MR) is 89.0 cm³/mol. The highest BCUT2D eigenvalue weighted by Crippen LogP contribution is 2.45. The molecule has 2 aliphatic rings. The number of rotatable bonds is 2. The lowest BCUT2D eigenvalue weighted by Gasteiger charge is -2.35. The Kier molecular flexibility index (Phi) is 3.21. The summed E-state index contributed by atoms with van der Waals surface area (Å²) in [4.78, 5) is 0. The normalized spacial score (nSPS) is 24.8. The van der Waals surface area contributed by atoms with E-state index in [9.17, 15) is 0 Å². The lowest BCUT2D eigenvalue weighted by Crippen LogP contribution is -2.27. The number of nitrogens with one attached hydrogen (secondary N) is 1. The Balaban J connectivity index is 1.80. The van der Waals surface area contributed by atoms with Crippen molar-refractivity contribution in [3.63, 3.8) is 0 Å². The first-order valence-corrected chi connectivity index (χ1v) is 8.27. The summed E-state index contributed by atoms with van der Waals surface area (Å²) in [5.41, 5.74) is 5.98. The minimum atomic E-state index is 0.541. The van der Waals surface area contributed by atoms with Crippen molar-refractivity contribution >= 4 is 5.69 Å². The smallest absolute Gasteiger partial charge is 0.0381 e. The fourth-order valence-corrected chi connectivity index (χ4v) is 3.95. The van der Waals surface area contributed by atoms with Crippen LogP contribution in [-0.4, -0.2) is 6.04 Å². The first-order chi connectivity index (χ1) is 10.3. The van der Waals surface area contributed by atoms with E-state index in [-0.39, 0.29) is 0 Å². The van der Waals surface area contributed by atoms with Crippen LogP contribution < -0.4 is 5.32 Å². The molecule has 1 heterocycles. The zero-order valence-corrected chi connectivity index (χ0v) is 12.7. The van der Waals surface area contributed by atoms with Crippen LogP contribution in [0.2, 0.25) is 0 Å². The molecule has 1 nitrogen and oxygen atoms in total. The third-order valence-electron chi connectivity index (χ3n) is 5.24. The molecule has 2 aromatic rings. The van der Waals surface area contributed by atoms with E-state index in [4.69, 9.17) is 0 Å². The van der Waals surface area contributed by atoms with Crippen LogP contribution in [0, 0.1) is 0 Å². The quantitative estimate of drug-likeness (QED) is 0.786. The van der Waals surface area contributed by atoms with Gasteiger partial charge >= 0.3 is 0 Å². The molecule has 0 radical (unpaired) electrons. The Morgan fingerprint density at radius 2 is 1.52 bits per heavy atom. The van der Waals surface area contributed by atoms with Crippen LogP contribution in [0.4, 0.5) is 5.69 Å². The molecule has 108 valence electrons. The molecule has 1 fully saturated rings. The van der Waals surface area contributed by atoms with Crippen molar-refractivity contribution in [1.29, 1.82) is 0 Å². The van der Waals surface area contributed by atoms with Crippen LogP contribution in [0.15, 0.2) is 48.5 Å². The number of hydrogen-bond acceptors (Lipinski definition) is 1. The Morgan fingerprint density at radius 1 is 0.857 bits per heavy atom. The number of fused-ring (bicyclic) bond motifs is 1. The van der Waals surface area contributed by atoms with Gasteiger partial charge < -0.3 is 5.32 Å². The van der Waals surface area contributed by atoms with Gasteiger partial charge in [0.1, 0.15) is 0 Å². The van der Waals surface area contributed by atoms with E-state index in [2.05, 4.69) is 60.8 Å². The largest absolute Gasteiger partial charge is 0.382 e. The van der Waals surface area contributed by atoms with Gasteiger partial charge in [0.05, 0.1) is 0 Å². The van der Waals surface area contributed by atoms with Crippen LogP contribution in [0.25, 0.3) is 0 Å². The summed E-state index contributed by atoms with van der Waals surface area (Å²) < 4.78 is 0. The van der Waals surface area contributed by atoms with Crippen molar-refractivity contribution in [3.8, 4) is 0 Å². The third kappa shape index (κ3) is 2.25. The third-order valence-corrected chi connectivity index (χ3v) is 5.24. The zero-order chi connectivity index (χ0) is 14.2. The summed E-state index contributed by atoms with van der Waals surface area (Å²) in [7, 11) is 0. The molecule has 0 spiro atoms. The SMILES string of the molecule is CC1CC(c2ccccc2C2CCC2)c2ccccc2N1. The molecule has 4 rings (SSSR count). The van der Waals surface area contributed by atoms with Crippen LogP contribution >= 0.6 is 0 Å². The number of anilines is 1. The molecular formula is C20H23N. The van der Waals surface area contributed by atoms with Gasteiger partial charge in [-0.15, -0.1) is 0 Å². The molecule has 21 heavy (non-hydrogen) atoms. The molecule has 0 amide bonds. The molecule has 0 bridgehead atoms. The van der Waals surface area contributed by atoms with E-state index in [0.717, 1.165) is 5.92 Å². The molecule has 2 unspecified atom stereocenters. The Bertz CT molecular complexity index is 642. The van der Waals surface area contributed by atoms with Crippen molar-refractivity contribution in [2.24, 2.45) is 0 Å². The van der Waals surface area contributed by atoms with E-state index >= 15 is 0 Å². The predicted octanol–water partition coefficient (Wildman–Crippen LogP) is 5.29. The van der Waals surface area contributed by atoms with Gasteiger partial charge in [-0.05, 0) is 54.9 Å². The molecule has 0 aromatic heterocycles. The maximum Gasteiger partial charge on any atom is 0.0381 e. The van der Waals surface area contributed by atoms with E-state index in [1.165, 1.54) is 36.9 Å². The standard InChI is InChI=1S/C20H23N/c1-14-13-19(18-11-4-5-12-20(18)21-14)17-10-3-2-9-16(17)15-7-6-8-15/h2-5,9-12,14-15,19,21H,6-8,13H2,1H3. The molecule has 1 N–H and O–H groups in total. The summed E-state index contributed by atoms with van der Waals surface area (Å²) in [6, 6.07) is 18.6. The van der Waals surface area contributed by atoms with Gasteiger partial charge in [0.15, 0.2) is 0 Å². The molecule has 1 aliphatic carbocycles. The Hall–Kier alpha value is -1.76. The molecule has 2 atom stereocenters. The molecule has 2 aromatic carbocycles. The first-order valence-electron chi connectivity index (χ1n) is 8.27. The minimum Gasteiger partial charge on any atom is -0.382 e. The fourth-order valence-electron chi connectivity index (χ4n) is 3.95. The molecule has 1 saturated carbocycles. The van der Waals surface area contributed by atoms with Crippen LogP contribution in [-0.2, 0) is 0 Å². The first kappa shape index (κ1) is 12.9. The topological polar surface area (TPSA) is 12.0 Å². The van der Waals surface area contributed by atoms with E-state index in [0.29, 0.717) is 12.0 Å². The summed E-state index contributed by atoms with van der Waals surface area (Å²) >= 11 is 0. The van der Waals surface area contributed by atoms with E-state index in [1.807, 2.05) is 0 Å². The molecular weight excluding hydrogens is 254 g/mol. The summed E-state index contributed by atoms with van der Waals surface area (Å²) in [6.45, 7) is 2.30. The fraction of sp³-hybridized carbons (Fsp3) is 0.400. The molecule has 1 heteroatoms. The van der Waals surface area contributed by atoms with Crippen molar-refractivity contribution < 1.29 is 0 Å². The Labute approximate surface area is 127 Å². The monoisotopic (exact) mass is 277 g/mol. The number of benzene rings is 2. The number of para-hydroxylation sites is 1. The highest BCUT2D eigenvalue weighted by atomic mass is 14.9. The second-order valence-corrected chi connectivity index (χ2v) is 6.68. The van der Waals surface area contributed by atoms with Gasteiger partial charge in [0, 0.05) is 17.6 Å². The number of hydrogen-bond donors (Lipinski definition) is 1. The van der Waals surface area contributed by atoms with Gasteiger partial charge in [0.25, 0.3) is 0 Å². The minimum absolute atomic E-state index is 0.541. The van der Waals surface area contributed by atoms with E-state index in [1.54, 1.807) is 11.1 Å². The van der Waals surface area contributed by atoms with Gasteiger partial charge in [0.2, 0.25) is 0 Å². The van der Waals surface area contributed by atoms with Crippen LogP contribution in [0.1, 0.15) is 61.1 Å². The van der Waals surface area contributed by atoms with E-state index < -0.39 is 0 Å². The molecule has 1 aliphatic heterocycles. The summed E-state index contributed by atoms with van der Waals surface area (Å²) in [5, 5.41) is 3.64. The lowest BCUT2D eigenvalue weighted by atomic mass is 9.73. The Morgan fingerprint density at radius 3 is 2.24 bits per heavy atom. The van der Waals surface area contributed by atoms with Crippen molar-refractivity contribution in [2.75, 3.05) is 5.32 Å². The lowest BCUT2D eigenvalue weighted by molar-refractivity contribution is 0.415. The molecule has 0 saturated heterocycles. The van der Waals surface area contributed by atoms with Gasteiger partial charge in [-0.3, -0.25) is 0 Å². The van der Waals surface area contributed by atoms with Crippen LogP contribution in [0.3, 0.4) is 0 Å². The average molecular weight is 277 g/mol. The maximum atomic E-state index is 3.64. The summed E-state index contributed by atoms with van der Waals surface area (Å²) in [6.07, 6.45) is 5.34. The maximum absolute atomic E-state index is 3.64. The van der Waals surface area contributed by atoms with Gasteiger partial charge in [-0.25, -0.2) is 0 Å².